The van der Waals surface area contributed by atoms with Gasteiger partial charge in [0.1, 0.15) is 6.61 Å². The highest BCUT2D eigenvalue weighted by molar-refractivity contribution is 9.10. The molecule has 0 aliphatic carbocycles. The maximum absolute atomic E-state index is 12.5. The number of likely N-dealkylation sites (tertiary alicyclic amines) is 1. The lowest BCUT2D eigenvalue weighted by Crippen LogP contribution is -2.33. The van der Waals surface area contributed by atoms with Crippen LogP contribution in [0.2, 0.25) is 0 Å². The summed E-state index contributed by atoms with van der Waals surface area (Å²) in [4.78, 5) is 18.9. The van der Waals surface area contributed by atoms with Crippen LogP contribution in [0.25, 0.3) is 0 Å². The third-order valence-electron chi connectivity index (χ3n) is 5.41. The second-order valence-corrected chi connectivity index (χ2v) is 10.7. The number of benzene rings is 3. The number of nitrogens with zero attached hydrogens (tertiary/aromatic N) is 1. The molecule has 0 saturated carbocycles. The Balaban J connectivity index is 1.21. The molecular formula is C24H21BrN2O3S2. The van der Waals surface area contributed by atoms with Crippen molar-refractivity contribution in [2.75, 3.05) is 18.4 Å². The zero-order valence-electron chi connectivity index (χ0n) is 17.0. The van der Waals surface area contributed by atoms with Crippen LogP contribution in [-0.4, -0.2) is 41.3 Å². The number of carbonyl (C=O) groups excluding carboxylic acids is 1. The summed E-state index contributed by atoms with van der Waals surface area (Å²) in [6, 6.07) is 21.8. The van der Waals surface area contributed by atoms with Gasteiger partial charge in [0.15, 0.2) is 0 Å². The van der Waals surface area contributed by atoms with Crippen molar-refractivity contribution in [3.8, 4) is 0 Å². The molecule has 3 aromatic rings. The zero-order chi connectivity index (χ0) is 22.1. The molecule has 0 spiro atoms. The van der Waals surface area contributed by atoms with Gasteiger partial charge >= 0.3 is 6.09 Å². The lowest BCUT2D eigenvalue weighted by atomic mass is 10.2. The van der Waals surface area contributed by atoms with E-state index in [4.69, 9.17) is 4.74 Å². The van der Waals surface area contributed by atoms with Crippen molar-refractivity contribution in [1.29, 1.82) is 0 Å². The summed E-state index contributed by atoms with van der Waals surface area (Å²) in [6.45, 7) is 0.868. The molecule has 2 aliphatic heterocycles. The van der Waals surface area contributed by atoms with E-state index >= 15 is 0 Å². The molecule has 0 bridgehead atoms. The molecule has 5 nitrogen and oxygen atoms in total. The van der Waals surface area contributed by atoms with Crippen molar-refractivity contribution in [2.24, 2.45) is 0 Å². The number of ether oxygens (including phenoxy) is 1. The fourth-order valence-electron chi connectivity index (χ4n) is 3.76. The monoisotopic (exact) mass is 528 g/mol. The Bertz CT molecular complexity index is 1150. The van der Waals surface area contributed by atoms with Crippen LogP contribution < -0.4 is 5.32 Å². The number of carbonyl (C=O) groups is 1. The van der Waals surface area contributed by atoms with Crippen LogP contribution in [0.5, 0.6) is 0 Å². The van der Waals surface area contributed by atoms with Crippen molar-refractivity contribution >= 4 is 51.2 Å². The molecule has 0 aromatic heterocycles. The van der Waals surface area contributed by atoms with Gasteiger partial charge in [-0.15, -0.1) is 0 Å². The molecule has 3 aromatic carbocycles. The SMILES string of the molecule is O=C(OCc1ccccc1)N1CC(O)C(Nc2ccc3c(c2)Sc2cccc(Br)c2S3)C1. The Labute approximate surface area is 203 Å². The lowest BCUT2D eigenvalue weighted by Gasteiger charge is -2.22. The van der Waals surface area contributed by atoms with Gasteiger partial charge in [-0.1, -0.05) is 59.9 Å². The Morgan fingerprint density at radius 2 is 1.88 bits per heavy atom. The number of aliphatic hydroxyl groups is 1. The quantitative estimate of drug-likeness (QED) is 0.346. The van der Waals surface area contributed by atoms with Gasteiger partial charge in [-0.3, -0.25) is 0 Å². The predicted molar refractivity (Wildman–Crippen MR) is 130 cm³/mol. The van der Waals surface area contributed by atoms with Gasteiger partial charge < -0.3 is 20.1 Å². The number of amides is 1. The van der Waals surface area contributed by atoms with Gasteiger partial charge in [-0.05, 0) is 51.8 Å². The van der Waals surface area contributed by atoms with E-state index in [2.05, 4.69) is 45.5 Å². The normalized spacial score (nSPS) is 19.2. The predicted octanol–water partition coefficient (Wildman–Crippen LogP) is 5.86. The molecule has 2 unspecified atom stereocenters. The fourth-order valence-corrected chi connectivity index (χ4v) is 6.79. The average molecular weight is 529 g/mol. The van der Waals surface area contributed by atoms with Crippen LogP contribution in [0.3, 0.4) is 0 Å². The van der Waals surface area contributed by atoms with Crippen molar-refractivity contribution in [3.63, 3.8) is 0 Å². The summed E-state index contributed by atoms with van der Waals surface area (Å²) in [5.41, 5.74) is 1.87. The van der Waals surface area contributed by atoms with Gasteiger partial charge in [-0.25, -0.2) is 4.79 Å². The number of fused-ring (bicyclic) bond motifs is 2. The number of aliphatic hydroxyl groups excluding tert-OH is 1. The average Bonchev–Trinajstić information content (AvgIpc) is 3.17. The third kappa shape index (κ3) is 4.64. The number of hydrogen-bond acceptors (Lipinski definition) is 6. The van der Waals surface area contributed by atoms with Crippen molar-refractivity contribution < 1.29 is 14.6 Å². The molecule has 5 rings (SSSR count). The number of rotatable bonds is 4. The van der Waals surface area contributed by atoms with Crippen molar-refractivity contribution in [2.45, 2.75) is 38.3 Å². The first kappa shape index (κ1) is 21.7. The molecule has 32 heavy (non-hydrogen) atoms. The highest BCUT2D eigenvalue weighted by atomic mass is 79.9. The summed E-state index contributed by atoms with van der Waals surface area (Å²) >= 11 is 7.13. The first-order valence-electron chi connectivity index (χ1n) is 10.3. The molecule has 1 saturated heterocycles. The first-order chi connectivity index (χ1) is 15.6. The summed E-state index contributed by atoms with van der Waals surface area (Å²) in [5.74, 6) is 0. The Morgan fingerprint density at radius 1 is 1.03 bits per heavy atom. The van der Waals surface area contributed by atoms with E-state index in [1.165, 1.54) is 19.6 Å². The minimum absolute atomic E-state index is 0.224. The fraction of sp³-hybridized carbons (Fsp3) is 0.208. The molecule has 2 heterocycles. The van der Waals surface area contributed by atoms with E-state index in [-0.39, 0.29) is 19.2 Å². The molecule has 1 fully saturated rings. The summed E-state index contributed by atoms with van der Waals surface area (Å²) in [6.07, 6.45) is -1.06. The standard InChI is InChI=1S/C24H21BrN2O3S2/c25-17-7-4-8-21-23(17)32-20-10-9-16(11-22(20)31-21)26-18-12-27(13-19(18)28)24(29)30-14-15-5-2-1-3-6-15/h1-11,18-19,26,28H,12-14H2. The number of nitrogens with one attached hydrogen (secondary N) is 1. The summed E-state index contributed by atoms with van der Waals surface area (Å²) in [5, 5.41) is 13.9. The number of halogens is 1. The van der Waals surface area contributed by atoms with Crippen LogP contribution in [0, 0.1) is 0 Å². The smallest absolute Gasteiger partial charge is 0.410 e. The molecule has 8 heteroatoms. The highest BCUT2D eigenvalue weighted by Gasteiger charge is 2.35. The van der Waals surface area contributed by atoms with Gasteiger partial charge in [-0.2, -0.15) is 0 Å². The van der Waals surface area contributed by atoms with Crippen molar-refractivity contribution in [3.05, 3.63) is 76.8 Å². The maximum Gasteiger partial charge on any atom is 0.410 e. The minimum Gasteiger partial charge on any atom is -0.445 e. The van der Waals surface area contributed by atoms with Crippen LogP contribution in [0.1, 0.15) is 5.56 Å². The third-order valence-corrected chi connectivity index (χ3v) is 8.93. The number of anilines is 1. The summed E-state index contributed by atoms with van der Waals surface area (Å²) in [7, 11) is 0. The second-order valence-electron chi connectivity index (χ2n) is 7.70. The molecule has 2 aliphatic rings. The maximum atomic E-state index is 12.5. The molecular weight excluding hydrogens is 508 g/mol. The molecule has 2 N–H and O–H groups in total. The van der Waals surface area contributed by atoms with E-state index in [0.717, 1.165) is 15.7 Å². The lowest BCUT2D eigenvalue weighted by molar-refractivity contribution is 0.0971. The molecule has 0 radical (unpaired) electrons. The van der Waals surface area contributed by atoms with Crippen LogP contribution in [-0.2, 0) is 11.3 Å². The largest absolute Gasteiger partial charge is 0.445 e. The number of hydrogen-bond donors (Lipinski definition) is 2. The Kier molecular flexibility index (Phi) is 6.37. The zero-order valence-corrected chi connectivity index (χ0v) is 20.3. The highest BCUT2D eigenvalue weighted by Crippen LogP contribution is 2.51. The number of β-amino-alcohol motifs (C(OH)–C–C–N with tert-alkyl or cyclic N) is 1. The van der Waals surface area contributed by atoms with E-state index in [0.29, 0.717) is 6.54 Å². The Hall–Kier alpha value is -2.13. The topological polar surface area (TPSA) is 61.8 Å². The van der Waals surface area contributed by atoms with Gasteiger partial charge in [0.05, 0.1) is 18.7 Å². The van der Waals surface area contributed by atoms with Gasteiger partial charge in [0.25, 0.3) is 0 Å². The van der Waals surface area contributed by atoms with Crippen molar-refractivity contribution in [1.82, 2.24) is 4.90 Å². The van der Waals surface area contributed by atoms with Gasteiger partial charge in [0.2, 0.25) is 0 Å². The van der Waals surface area contributed by atoms with E-state index in [1.807, 2.05) is 42.5 Å². The molecule has 1 amide bonds. The van der Waals surface area contributed by atoms with Crippen LogP contribution >= 0.6 is 39.5 Å². The van der Waals surface area contributed by atoms with Crippen LogP contribution in [0.15, 0.2) is 90.8 Å². The molecule has 2 atom stereocenters. The van der Waals surface area contributed by atoms with E-state index < -0.39 is 12.2 Å². The Morgan fingerprint density at radius 3 is 2.72 bits per heavy atom. The van der Waals surface area contributed by atoms with Gasteiger partial charge in [0, 0.05) is 36.3 Å². The first-order valence-corrected chi connectivity index (χ1v) is 12.7. The summed E-state index contributed by atoms with van der Waals surface area (Å²) < 4.78 is 6.52. The minimum atomic E-state index is -0.658. The molecule has 164 valence electrons. The van der Waals surface area contributed by atoms with E-state index in [9.17, 15) is 9.90 Å². The van der Waals surface area contributed by atoms with Crippen LogP contribution in [0.4, 0.5) is 10.5 Å². The van der Waals surface area contributed by atoms with E-state index in [1.54, 1.807) is 28.4 Å². The second kappa shape index (κ2) is 9.39.